The van der Waals surface area contributed by atoms with E-state index >= 15 is 0 Å². The lowest BCUT2D eigenvalue weighted by Crippen LogP contribution is -2.50. The summed E-state index contributed by atoms with van der Waals surface area (Å²) >= 11 is 0. The highest BCUT2D eigenvalue weighted by molar-refractivity contribution is 7.90. The number of rotatable bonds is 7. The number of halogens is 1. The Bertz CT molecular complexity index is 1130. The van der Waals surface area contributed by atoms with E-state index in [-0.39, 0.29) is 40.3 Å². The number of carbonyl (C=O) groups is 1. The second-order valence-electron chi connectivity index (χ2n) is 6.76. The summed E-state index contributed by atoms with van der Waals surface area (Å²) in [4.78, 5) is 12.3. The van der Waals surface area contributed by atoms with E-state index in [4.69, 9.17) is 9.15 Å². The zero-order valence-corrected chi connectivity index (χ0v) is 17.4. The van der Waals surface area contributed by atoms with Gasteiger partial charge in [0.25, 0.3) is 0 Å². The number of furan rings is 1. The van der Waals surface area contributed by atoms with Crippen molar-refractivity contribution in [3.63, 3.8) is 0 Å². The van der Waals surface area contributed by atoms with Crippen LogP contribution in [0, 0.1) is 0 Å². The fourth-order valence-electron chi connectivity index (χ4n) is 3.17. The minimum absolute atomic E-state index is 0. The van der Waals surface area contributed by atoms with Gasteiger partial charge in [-0.2, -0.15) is 0 Å². The smallest absolute Gasteiger partial charge is 0.339 e. The number of hydrogen-bond acceptors (Lipinski definition) is 6. The van der Waals surface area contributed by atoms with Gasteiger partial charge in [-0.05, 0) is 23.8 Å². The van der Waals surface area contributed by atoms with Crippen LogP contribution in [0.2, 0.25) is 0 Å². The summed E-state index contributed by atoms with van der Waals surface area (Å²) in [5.74, 6) is -1.52. The molecule has 1 aromatic heterocycles. The molecule has 0 atom stereocenters. The van der Waals surface area contributed by atoms with Crippen LogP contribution in [0.15, 0.2) is 70.4 Å². The van der Waals surface area contributed by atoms with Crippen LogP contribution >= 0.6 is 12.4 Å². The quantitative estimate of drug-likeness (QED) is 0.569. The summed E-state index contributed by atoms with van der Waals surface area (Å²) in [6, 6.07) is 12.9. The monoisotopic (exact) mass is 449 g/mol. The first-order valence-corrected chi connectivity index (χ1v) is 10.7. The van der Waals surface area contributed by atoms with Gasteiger partial charge in [0.1, 0.15) is 17.4 Å². The molecule has 7 nitrogen and oxygen atoms in total. The standard InChI is InChI=1S/C21H19NO6S.ClH/c23-21(24)19-15(13-29(25,26)17-4-2-1-3-5-17)6-7-18(14-8-9-27-12-14)20(19)28-16-10-22-11-16;/h1-9,12,16,22H,10-11,13H2,(H,23,24);1H. The fraction of sp³-hybridized carbons (Fsp3) is 0.190. The maximum absolute atomic E-state index is 12.8. The van der Waals surface area contributed by atoms with E-state index < -0.39 is 21.6 Å². The number of aromatic carboxylic acids is 1. The van der Waals surface area contributed by atoms with Gasteiger partial charge in [-0.25, -0.2) is 13.2 Å². The molecule has 1 aliphatic heterocycles. The molecule has 9 heteroatoms. The van der Waals surface area contributed by atoms with Crippen LogP contribution in [0.25, 0.3) is 11.1 Å². The van der Waals surface area contributed by atoms with E-state index in [1.807, 2.05) is 0 Å². The van der Waals surface area contributed by atoms with Crippen LogP contribution in [-0.2, 0) is 15.6 Å². The van der Waals surface area contributed by atoms with E-state index in [1.54, 1.807) is 30.3 Å². The lowest BCUT2D eigenvalue weighted by atomic mass is 9.99. The van der Waals surface area contributed by atoms with Crippen molar-refractivity contribution in [3.05, 3.63) is 72.2 Å². The summed E-state index contributed by atoms with van der Waals surface area (Å²) in [6.07, 6.45) is 2.80. The van der Waals surface area contributed by atoms with Crippen LogP contribution in [0.4, 0.5) is 0 Å². The molecule has 0 amide bonds. The van der Waals surface area contributed by atoms with Gasteiger partial charge < -0.3 is 19.6 Å². The molecule has 0 unspecified atom stereocenters. The predicted molar refractivity (Wildman–Crippen MR) is 113 cm³/mol. The third kappa shape index (κ3) is 4.35. The summed E-state index contributed by atoms with van der Waals surface area (Å²) in [5.41, 5.74) is 1.24. The van der Waals surface area contributed by atoms with Gasteiger partial charge in [-0.3, -0.25) is 0 Å². The Morgan fingerprint density at radius 1 is 1.13 bits per heavy atom. The van der Waals surface area contributed by atoms with Crippen molar-refractivity contribution in [1.82, 2.24) is 5.32 Å². The van der Waals surface area contributed by atoms with E-state index in [9.17, 15) is 18.3 Å². The SMILES string of the molecule is Cl.O=C(O)c1c(CS(=O)(=O)c2ccccc2)ccc(-c2ccoc2)c1OC1CNC1. The van der Waals surface area contributed by atoms with Gasteiger partial charge >= 0.3 is 5.97 Å². The zero-order valence-electron chi connectivity index (χ0n) is 15.8. The second-order valence-corrected chi connectivity index (χ2v) is 8.75. The highest BCUT2D eigenvalue weighted by Gasteiger charge is 2.29. The third-order valence-electron chi connectivity index (χ3n) is 4.77. The molecule has 2 N–H and O–H groups in total. The molecule has 1 aliphatic rings. The Morgan fingerprint density at radius 3 is 2.43 bits per heavy atom. The van der Waals surface area contributed by atoms with E-state index in [0.29, 0.717) is 24.2 Å². The maximum atomic E-state index is 12.8. The Kier molecular flexibility index (Phi) is 6.50. The van der Waals surface area contributed by atoms with Gasteiger partial charge in [0.2, 0.25) is 0 Å². The molecule has 1 saturated heterocycles. The van der Waals surface area contributed by atoms with E-state index in [2.05, 4.69) is 5.32 Å². The number of ether oxygens (including phenoxy) is 1. The topological polar surface area (TPSA) is 106 Å². The van der Waals surface area contributed by atoms with E-state index in [0.717, 1.165) is 0 Å². The van der Waals surface area contributed by atoms with E-state index in [1.165, 1.54) is 30.7 Å². The van der Waals surface area contributed by atoms with Crippen LogP contribution in [0.5, 0.6) is 5.75 Å². The molecule has 3 aromatic rings. The fourth-order valence-corrected chi connectivity index (χ4v) is 4.56. The van der Waals surface area contributed by atoms with Crippen LogP contribution in [0.1, 0.15) is 15.9 Å². The van der Waals surface area contributed by atoms with Gasteiger partial charge in [0.15, 0.2) is 9.84 Å². The van der Waals surface area contributed by atoms with Crippen LogP contribution in [-0.4, -0.2) is 38.7 Å². The average molecular weight is 450 g/mol. The number of carboxylic acid groups (broad SMARTS) is 1. The molecule has 2 aromatic carbocycles. The molecule has 0 bridgehead atoms. The van der Waals surface area contributed by atoms with Crippen molar-refractivity contribution >= 4 is 28.2 Å². The number of benzene rings is 2. The Balaban J connectivity index is 0.00000256. The summed E-state index contributed by atoms with van der Waals surface area (Å²) in [7, 11) is -3.72. The normalized spacial score (nSPS) is 13.9. The van der Waals surface area contributed by atoms with Crippen LogP contribution in [0.3, 0.4) is 0 Å². The maximum Gasteiger partial charge on any atom is 0.339 e. The van der Waals surface area contributed by atoms with Gasteiger partial charge in [0.05, 0.1) is 23.2 Å². The summed E-state index contributed by atoms with van der Waals surface area (Å²) in [5, 5.41) is 13.0. The zero-order chi connectivity index (χ0) is 20.4. The predicted octanol–water partition coefficient (Wildman–Crippen LogP) is 3.39. The molecule has 158 valence electrons. The van der Waals surface area contributed by atoms with Crippen molar-refractivity contribution in [1.29, 1.82) is 0 Å². The second kappa shape index (κ2) is 8.91. The molecule has 2 heterocycles. The first kappa shape index (κ1) is 21.9. The third-order valence-corrected chi connectivity index (χ3v) is 6.45. The van der Waals surface area contributed by atoms with Gasteiger partial charge in [-0.1, -0.05) is 30.3 Å². The molecule has 4 rings (SSSR count). The molecule has 0 radical (unpaired) electrons. The first-order valence-electron chi connectivity index (χ1n) is 9.02. The molecule has 0 aliphatic carbocycles. The molecule has 0 saturated carbocycles. The van der Waals surface area contributed by atoms with Crippen molar-refractivity contribution in [2.45, 2.75) is 16.8 Å². The highest BCUT2D eigenvalue weighted by Crippen LogP contribution is 2.38. The number of hydrogen-bond donors (Lipinski definition) is 2. The Morgan fingerprint density at radius 2 is 1.87 bits per heavy atom. The number of nitrogens with one attached hydrogen (secondary N) is 1. The molecular weight excluding hydrogens is 430 g/mol. The number of carboxylic acids is 1. The summed E-state index contributed by atoms with van der Waals surface area (Å²) in [6.45, 7) is 1.19. The Hall–Kier alpha value is -2.81. The molecule has 1 fully saturated rings. The van der Waals surface area contributed by atoms with Crippen molar-refractivity contribution < 1.29 is 27.5 Å². The molecular formula is C21H20ClNO6S. The van der Waals surface area contributed by atoms with Crippen molar-refractivity contribution in [3.8, 4) is 16.9 Å². The minimum Gasteiger partial charge on any atom is -0.486 e. The lowest BCUT2D eigenvalue weighted by molar-refractivity contribution is 0.0683. The summed E-state index contributed by atoms with van der Waals surface area (Å²) < 4.78 is 36.8. The van der Waals surface area contributed by atoms with Crippen LogP contribution < -0.4 is 10.1 Å². The first-order chi connectivity index (χ1) is 14.0. The van der Waals surface area contributed by atoms with Gasteiger partial charge in [-0.15, -0.1) is 12.4 Å². The van der Waals surface area contributed by atoms with Crippen molar-refractivity contribution in [2.24, 2.45) is 0 Å². The largest absolute Gasteiger partial charge is 0.486 e. The molecule has 30 heavy (non-hydrogen) atoms. The van der Waals surface area contributed by atoms with Gasteiger partial charge in [0, 0.05) is 24.2 Å². The number of sulfone groups is 1. The Labute approximate surface area is 180 Å². The van der Waals surface area contributed by atoms with Crippen molar-refractivity contribution in [2.75, 3.05) is 13.1 Å². The minimum atomic E-state index is -3.72. The average Bonchev–Trinajstić information content (AvgIpc) is 3.19. The lowest BCUT2D eigenvalue weighted by Gasteiger charge is -2.30. The highest BCUT2D eigenvalue weighted by atomic mass is 35.5. The molecule has 0 spiro atoms.